The van der Waals surface area contributed by atoms with Crippen LogP contribution in [0.5, 0.6) is 5.75 Å². The van der Waals surface area contributed by atoms with E-state index in [0.29, 0.717) is 12.3 Å². The molecule has 0 fully saturated rings. The third-order valence-corrected chi connectivity index (χ3v) is 3.15. The molecule has 0 bridgehead atoms. The van der Waals surface area contributed by atoms with Gasteiger partial charge in [0.2, 0.25) is 0 Å². The molecule has 1 unspecified atom stereocenters. The zero-order chi connectivity index (χ0) is 14.5. The maximum Gasteiger partial charge on any atom is 0.126 e. The van der Waals surface area contributed by atoms with Gasteiger partial charge in [0.05, 0.1) is 0 Å². The topological polar surface area (TPSA) is 55.5 Å². The third kappa shape index (κ3) is 3.56. The number of hydrogen-bond acceptors (Lipinski definition) is 3. The number of rotatable bonds is 5. The van der Waals surface area contributed by atoms with Gasteiger partial charge in [-0.2, -0.15) is 0 Å². The van der Waals surface area contributed by atoms with Gasteiger partial charge in [-0.15, -0.1) is 0 Å². The Morgan fingerprint density at radius 3 is 2.55 bits per heavy atom. The van der Waals surface area contributed by atoms with Crippen molar-refractivity contribution >= 4 is 0 Å². The van der Waals surface area contributed by atoms with Gasteiger partial charge in [0.1, 0.15) is 24.3 Å². The monoisotopic (exact) mass is 275 g/mol. The lowest BCUT2D eigenvalue weighted by atomic mass is 10.1. The highest BCUT2D eigenvalue weighted by Gasteiger charge is 2.10. The second-order valence-electron chi connectivity index (χ2n) is 4.68. The van der Waals surface area contributed by atoms with E-state index in [4.69, 9.17) is 10.5 Å². The number of aliphatic hydroxyl groups is 1. The van der Waals surface area contributed by atoms with Crippen LogP contribution in [0.15, 0.2) is 42.5 Å². The van der Waals surface area contributed by atoms with Crippen LogP contribution in [0, 0.1) is 12.7 Å². The minimum Gasteiger partial charge on any atom is -0.490 e. The summed E-state index contributed by atoms with van der Waals surface area (Å²) >= 11 is 0. The first kappa shape index (κ1) is 14.5. The Labute approximate surface area is 117 Å². The van der Waals surface area contributed by atoms with Crippen molar-refractivity contribution in [1.29, 1.82) is 0 Å². The summed E-state index contributed by atoms with van der Waals surface area (Å²) in [4.78, 5) is 0. The summed E-state index contributed by atoms with van der Waals surface area (Å²) in [5.74, 6) is 0.0926. The normalized spacial score (nSPS) is 12.2. The smallest absolute Gasteiger partial charge is 0.126 e. The molecule has 2 aromatic carbocycles. The molecule has 0 aliphatic carbocycles. The fourth-order valence-corrected chi connectivity index (χ4v) is 1.87. The standard InChI is InChI=1S/C16H18FNO2/c1-11-2-7-14(17)8-16(11)20-10-15(19)13-5-3-12(9-18)4-6-13/h2-8,15,19H,9-10,18H2,1H3. The van der Waals surface area contributed by atoms with E-state index in [0.717, 1.165) is 16.7 Å². The molecule has 0 spiro atoms. The average molecular weight is 275 g/mol. The molecule has 4 heteroatoms. The van der Waals surface area contributed by atoms with Crippen LogP contribution >= 0.6 is 0 Å². The lowest BCUT2D eigenvalue weighted by molar-refractivity contribution is 0.107. The van der Waals surface area contributed by atoms with Crippen molar-refractivity contribution in [2.24, 2.45) is 5.73 Å². The van der Waals surface area contributed by atoms with Crippen molar-refractivity contribution < 1.29 is 14.2 Å². The lowest BCUT2D eigenvalue weighted by Gasteiger charge is -2.14. The van der Waals surface area contributed by atoms with Gasteiger partial charge in [0.15, 0.2) is 0 Å². The second kappa shape index (κ2) is 6.50. The summed E-state index contributed by atoms with van der Waals surface area (Å²) in [6.07, 6.45) is -0.760. The lowest BCUT2D eigenvalue weighted by Crippen LogP contribution is -2.10. The maximum atomic E-state index is 13.1. The summed E-state index contributed by atoms with van der Waals surface area (Å²) in [5, 5.41) is 10.1. The number of halogens is 1. The van der Waals surface area contributed by atoms with Crippen molar-refractivity contribution in [2.45, 2.75) is 19.6 Å². The Kier molecular flexibility index (Phi) is 4.71. The quantitative estimate of drug-likeness (QED) is 0.882. The van der Waals surface area contributed by atoms with Gasteiger partial charge in [-0.3, -0.25) is 0 Å². The van der Waals surface area contributed by atoms with Gasteiger partial charge in [0, 0.05) is 12.6 Å². The van der Waals surface area contributed by atoms with Crippen LogP contribution in [0.25, 0.3) is 0 Å². The molecule has 2 rings (SSSR count). The molecule has 0 aliphatic heterocycles. The van der Waals surface area contributed by atoms with E-state index in [2.05, 4.69) is 0 Å². The number of hydrogen-bond donors (Lipinski definition) is 2. The van der Waals surface area contributed by atoms with Crippen LogP contribution in [0.2, 0.25) is 0 Å². The summed E-state index contributed by atoms with van der Waals surface area (Å²) in [6, 6.07) is 11.7. The highest BCUT2D eigenvalue weighted by molar-refractivity contribution is 5.33. The predicted molar refractivity (Wildman–Crippen MR) is 75.9 cm³/mol. The van der Waals surface area contributed by atoms with E-state index in [1.807, 2.05) is 31.2 Å². The first-order valence-corrected chi connectivity index (χ1v) is 6.46. The van der Waals surface area contributed by atoms with Crippen LogP contribution in [0.4, 0.5) is 4.39 Å². The van der Waals surface area contributed by atoms with E-state index in [-0.39, 0.29) is 12.4 Å². The van der Waals surface area contributed by atoms with Crippen LogP contribution in [-0.4, -0.2) is 11.7 Å². The van der Waals surface area contributed by atoms with Crippen molar-refractivity contribution in [1.82, 2.24) is 0 Å². The van der Waals surface area contributed by atoms with Gasteiger partial charge in [-0.25, -0.2) is 4.39 Å². The molecule has 0 radical (unpaired) electrons. The highest BCUT2D eigenvalue weighted by atomic mass is 19.1. The summed E-state index contributed by atoms with van der Waals surface area (Å²) in [6.45, 7) is 2.37. The van der Waals surface area contributed by atoms with Crippen molar-refractivity contribution in [3.63, 3.8) is 0 Å². The van der Waals surface area contributed by atoms with Crippen LogP contribution < -0.4 is 10.5 Å². The van der Waals surface area contributed by atoms with Gasteiger partial charge in [0.25, 0.3) is 0 Å². The molecule has 106 valence electrons. The molecule has 20 heavy (non-hydrogen) atoms. The summed E-state index contributed by atoms with van der Waals surface area (Å²) in [5.41, 5.74) is 8.10. The Morgan fingerprint density at radius 2 is 1.90 bits per heavy atom. The van der Waals surface area contributed by atoms with Crippen molar-refractivity contribution in [3.8, 4) is 5.75 Å². The van der Waals surface area contributed by atoms with Crippen LogP contribution in [-0.2, 0) is 6.54 Å². The Morgan fingerprint density at radius 1 is 1.20 bits per heavy atom. The van der Waals surface area contributed by atoms with E-state index in [9.17, 15) is 9.50 Å². The molecule has 0 aromatic heterocycles. The molecule has 1 atom stereocenters. The SMILES string of the molecule is Cc1ccc(F)cc1OCC(O)c1ccc(CN)cc1. The molecule has 0 saturated heterocycles. The zero-order valence-corrected chi connectivity index (χ0v) is 11.3. The molecular formula is C16H18FNO2. The van der Waals surface area contributed by atoms with Crippen molar-refractivity contribution in [2.75, 3.05) is 6.61 Å². The fourth-order valence-electron chi connectivity index (χ4n) is 1.87. The Hall–Kier alpha value is -1.91. The predicted octanol–water partition coefficient (Wildman–Crippen LogP) is 2.71. The third-order valence-electron chi connectivity index (χ3n) is 3.15. The minimum absolute atomic E-state index is 0.0757. The van der Waals surface area contributed by atoms with E-state index in [1.165, 1.54) is 12.1 Å². The zero-order valence-electron chi connectivity index (χ0n) is 11.3. The van der Waals surface area contributed by atoms with Gasteiger partial charge >= 0.3 is 0 Å². The number of ether oxygens (including phenoxy) is 1. The number of aliphatic hydroxyl groups excluding tert-OH is 1. The van der Waals surface area contributed by atoms with Gasteiger partial charge in [-0.1, -0.05) is 30.3 Å². The summed E-state index contributed by atoms with van der Waals surface area (Å²) in [7, 11) is 0. The Balaban J connectivity index is 2.00. The number of aryl methyl sites for hydroxylation is 1. The van der Waals surface area contributed by atoms with Crippen LogP contribution in [0.1, 0.15) is 22.8 Å². The molecule has 0 amide bonds. The fraction of sp³-hybridized carbons (Fsp3) is 0.250. The minimum atomic E-state index is -0.760. The second-order valence-corrected chi connectivity index (χ2v) is 4.68. The largest absolute Gasteiger partial charge is 0.490 e. The van der Waals surface area contributed by atoms with Crippen LogP contribution in [0.3, 0.4) is 0 Å². The van der Waals surface area contributed by atoms with E-state index >= 15 is 0 Å². The number of benzene rings is 2. The van der Waals surface area contributed by atoms with Gasteiger partial charge in [-0.05, 0) is 29.7 Å². The van der Waals surface area contributed by atoms with Crippen molar-refractivity contribution in [3.05, 3.63) is 65.0 Å². The average Bonchev–Trinajstić information content (AvgIpc) is 2.48. The molecule has 2 aromatic rings. The molecule has 3 nitrogen and oxygen atoms in total. The Bertz CT molecular complexity index is 569. The number of nitrogens with two attached hydrogens (primary N) is 1. The first-order valence-electron chi connectivity index (χ1n) is 6.46. The van der Waals surface area contributed by atoms with E-state index < -0.39 is 6.10 Å². The summed E-state index contributed by atoms with van der Waals surface area (Å²) < 4.78 is 18.6. The maximum absolute atomic E-state index is 13.1. The highest BCUT2D eigenvalue weighted by Crippen LogP contribution is 2.21. The van der Waals surface area contributed by atoms with Gasteiger partial charge < -0.3 is 15.6 Å². The molecule has 0 heterocycles. The molecule has 0 saturated carbocycles. The first-order chi connectivity index (χ1) is 9.60. The molecule has 0 aliphatic rings. The van der Waals surface area contributed by atoms with E-state index in [1.54, 1.807) is 6.07 Å². The molecular weight excluding hydrogens is 257 g/mol. The molecule has 3 N–H and O–H groups in total.